The number of aromatic nitrogens is 5. The summed E-state index contributed by atoms with van der Waals surface area (Å²) < 4.78 is 18.8. The summed E-state index contributed by atoms with van der Waals surface area (Å²) in [4.78, 5) is 4.67. The van der Waals surface area contributed by atoms with Crippen LogP contribution in [0.2, 0.25) is 0 Å². The van der Waals surface area contributed by atoms with E-state index in [9.17, 15) is 0 Å². The van der Waals surface area contributed by atoms with E-state index in [4.69, 9.17) is 13.7 Å². The van der Waals surface area contributed by atoms with Gasteiger partial charge in [0.1, 0.15) is 11.5 Å². The van der Waals surface area contributed by atoms with Crippen LogP contribution < -0.4 is 0 Å². The van der Waals surface area contributed by atoms with Gasteiger partial charge in [0.2, 0.25) is 11.7 Å². The van der Waals surface area contributed by atoms with Crippen LogP contribution in [0.5, 0.6) is 0 Å². The number of ether oxygens (including phenoxy) is 1. The van der Waals surface area contributed by atoms with Crippen molar-refractivity contribution in [3.63, 3.8) is 0 Å². The van der Waals surface area contributed by atoms with Gasteiger partial charge in [-0.05, 0) is 45.6 Å². The fourth-order valence-electron chi connectivity index (χ4n) is 4.20. The molecular formula is C19H23N5O3. The normalized spacial score (nSPS) is 20.7. The molecule has 1 fully saturated rings. The summed E-state index contributed by atoms with van der Waals surface area (Å²) in [6.45, 7) is 5.42. The smallest absolute Gasteiger partial charge is 0.230 e. The van der Waals surface area contributed by atoms with E-state index in [-0.39, 0.29) is 5.92 Å². The largest absolute Gasteiger partial charge is 0.466 e. The van der Waals surface area contributed by atoms with Gasteiger partial charge in [-0.1, -0.05) is 10.4 Å². The minimum absolute atomic E-state index is 0.198. The SMILES string of the molecule is Cc1cc(-c2noc(C3CCc4nnn(C5CCOCC5)c4C3)n2)c(C)o1. The number of nitrogens with zero attached hydrogens (tertiary/aromatic N) is 5. The number of hydrogen-bond donors (Lipinski definition) is 0. The van der Waals surface area contributed by atoms with Gasteiger partial charge in [0.25, 0.3) is 0 Å². The third-order valence-corrected chi connectivity index (χ3v) is 5.65. The number of fused-ring (bicyclic) bond motifs is 1. The molecule has 27 heavy (non-hydrogen) atoms. The molecule has 0 radical (unpaired) electrons. The Morgan fingerprint density at radius 3 is 2.78 bits per heavy atom. The highest BCUT2D eigenvalue weighted by molar-refractivity contribution is 5.57. The Kier molecular flexibility index (Phi) is 4.07. The van der Waals surface area contributed by atoms with E-state index >= 15 is 0 Å². The Labute approximate surface area is 156 Å². The quantitative estimate of drug-likeness (QED) is 0.700. The highest BCUT2D eigenvalue weighted by atomic mass is 16.5. The van der Waals surface area contributed by atoms with Crippen molar-refractivity contribution < 1.29 is 13.7 Å². The number of furan rings is 1. The molecule has 8 heteroatoms. The topological polar surface area (TPSA) is 92.0 Å². The number of rotatable bonds is 3. The molecule has 3 aromatic heterocycles. The van der Waals surface area contributed by atoms with Gasteiger partial charge in [0, 0.05) is 25.6 Å². The zero-order valence-corrected chi connectivity index (χ0v) is 15.6. The maximum atomic E-state index is 5.63. The first-order valence-electron chi connectivity index (χ1n) is 9.60. The fourth-order valence-corrected chi connectivity index (χ4v) is 4.20. The van der Waals surface area contributed by atoms with Gasteiger partial charge in [0.15, 0.2) is 0 Å². The zero-order valence-electron chi connectivity index (χ0n) is 15.6. The van der Waals surface area contributed by atoms with Crippen LogP contribution in [0.15, 0.2) is 15.0 Å². The molecule has 0 saturated carbocycles. The van der Waals surface area contributed by atoms with Crippen molar-refractivity contribution in [1.29, 1.82) is 0 Å². The van der Waals surface area contributed by atoms with Crippen molar-refractivity contribution in [1.82, 2.24) is 25.1 Å². The highest BCUT2D eigenvalue weighted by Gasteiger charge is 2.31. The fraction of sp³-hybridized carbons (Fsp3) is 0.579. The highest BCUT2D eigenvalue weighted by Crippen LogP contribution is 2.34. The summed E-state index contributed by atoms with van der Waals surface area (Å²) in [5, 5.41) is 13.1. The standard InChI is InChI=1S/C19H23N5O3/c1-11-9-15(12(2)26-11)18-20-19(27-22-18)13-3-4-16-17(10-13)24(23-21-16)14-5-7-25-8-6-14/h9,13-14H,3-8,10H2,1-2H3. The van der Waals surface area contributed by atoms with Gasteiger partial charge >= 0.3 is 0 Å². The summed E-state index contributed by atoms with van der Waals surface area (Å²) >= 11 is 0. The van der Waals surface area contributed by atoms with Crippen LogP contribution in [0.25, 0.3) is 11.4 Å². The van der Waals surface area contributed by atoms with E-state index in [1.54, 1.807) is 0 Å². The van der Waals surface area contributed by atoms with Gasteiger partial charge in [0.05, 0.1) is 23.0 Å². The second-order valence-electron chi connectivity index (χ2n) is 7.49. The first kappa shape index (κ1) is 16.7. The summed E-state index contributed by atoms with van der Waals surface area (Å²) in [7, 11) is 0. The van der Waals surface area contributed by atoms with Crippen LogP contribution >= 0.6 is 0 Å². The third kappa shape index (κ3) is 2.97. The molecular weight excluding hydrogens is 346 g/mol. The van der Waals surface area contributed by atoms with Crippen LogP contribution in [0.1, 0.15) is 60.0 Å². The number of hydrogen-bond acceptors (Lipinski definition) is 7. The molecule has 2 aliphatic rings. The van der Waals surface area contributed by atoms with E-state index in [2.05, 4.69) is 25.1 Å². The summed E-state index contributed by atoms with van der Waals surface area (Å²) in [5.41, 5.74) is 3.22. The predicted molar refractivity (Wildman–Crippen MR) is 95.4 cm³/mol. The van der Waals surface area contributed by atoms with Crippen molar-refractivity contribution in [3.8, 4) is 11.4 Å². The molecule has 0 amide bonds. The Morgan fingerprint density at radius 2 is 2.00 bits per heavy atom. The lowest BCUT2D eigenvalue weighted by Crippen LogP contribution is -2.24. The van der Waals surface area contributed by atoms with Crippen molar-refractivity contribution in [3.05, 3.63) is 34.9 Å². The summed E-state index contributed by atoms with van der Waals surface area (Å²) in [6, 6.07) is 2.33. The molecule has 3 aromatic rings. The summed E-state index contributed by atoms with van der Waals surface area (Å²) in [5.74, 6) is 3.15. The van der Waals surface area contributed by atoms with Crippen LogP contribution in [-0.4, -0.2) is 38.3 Å². The Bertz CT molecular complexity index is 951. The van der Waals surface area contributed by atoms with Gasteiger partial charge in [-0.2, -0.15) is 4.98 Å². The minimum Gasteiger partial charge on any atom is -0.466 e. The molecule has 0 spiro atoms. The molecule has 1 atom stereocenters. The van der Waals surface area contributed by atoms with Crippen LogP contribution in [0.3, 0.4) is 0 Å². The molecule has 1 aliphatic heterocycles. The van der Waals surface area contributed by atoms with Crippen molar-refractivity contribution in [2.45, 2.75) is 57.9 Å². The Morgan fingerprint density at radius 1 is 1.15 bits per heavy atom. The molecule has 5 rings (SSSR count). The molecule has 1 saturated heterocycles. The maximum absolute atomic E-state index is 5.63. The third-order valence-electron chi connectivity index (χ3n) is 5.65. The summed E-state index contributed by atoms with van der Waals surface area (Å²) in [6.07, 6.45) is 4.66. The predicted octanol–water partition coefficient (Wildman–Crippen LogP) is 3.16. The molecule has 4 heterocycles. The van der Waals surface area contributed by atoms with Crippen LogP contribution in [0, 0.1) is 13.8 Å². The molecule has 142 valence electrons. The van der Waals surface area contributed by atoms with Crippen LogP contribution in [0.4, 0.5) is 0 Å². The lowest BCUT2D eigenvalue weighted by atomic mass is 9.89. The zero-order chi connectivity index (χ0) is 18.4. The van der Waals surface area contributed by atoms with E-state index < -0.39 is 0 Å². The molecule has 0 N–H and O–H groups in total. The van der Waals surface area contributed by atoms with Gasteiger partial charge < -0.3 is 13.7 Å². The molecule has 0 bridgehead atoms. The van der Waals surface area contributed by atoms with E-state index in [0.717, 1.165) is 68.1 Å². The van der Waals surface area contributed by atoms with E-state index in [0.29, 0.717) is 17.8 Å². The second-order valence-corrected chi connectivity index (χ2v) is 7.49. The first-order chi connectivity index (χ1) is 13.2. The van der Waals surface area contributed by atoms with Gasteiger partial charge in [-0.25, -0.2) is 4.68 Å². The van der Waals surface area contributed by atoms with Crippen LogP contribution in [-0.2, 0) is 17.6 Å². The van der Waals surface area contributed by atoms with Crippen molar-refractivity contribution in [2.24, 2.45) is 0 Å². The second kappa shape index (κ2) is 6.60. The minimum atomic E-state index is 0.198. The van der Waals surface area contributed by atoms with Gasteiger partial charge in [-0.15, -0.1) is 5.10 Å². The Hall–Kier alpha value is -2.48. The lowest BCUT2D eigenvalue weighted by molar-refractivity contribution is 0.0647. The monoisotopic (exact) mass is 369 g/mol. The van der Waals surface area contributed by atoms with E-state index in [1.807, 2.05) is 19.9 Å². The van der Waals surface area contributed by atoms with Crippen molar-refractivity contribution in [2.75, 3.05) is 13.2 Å². The molecule has 0 aromatic carbocycles. The average molecular weight is 369 g/mol. The Balaban J connectivity index is 1.39. The average Bonchev–Trinajstić information content (AvgIpc) is 3.40. The molecule has 1 unspecified atom stereocenters. The van der Waals surface area contributed by atoms with Crippen molar-refractivity contribution >= 4 is 0 Å². The lowest BCUT2D eigenvalue weighted by Gasteiger charge is -2.26. The molecule has 1 aliphatic carbocycles. The first-order valence-corrected chi connectivity index (χ1v) is 9.60. The van der Waals surface area contributed by atoms with E-state index in [1.165, 1.54) is 5.69 Å². The maximum Gasteiger partial charge on any atom is 0.230 e. The van der Waals surface area contributed by atoms with Gasteiger partial charge in [-0.3, -0.25) is 0 Å². The number of aryl methyl sites for hydroxylation is 3. The molecule has 8 nitrogen and oxygen atoms in total.